The zero-order valence-electron chi connectivity index (χ0n) is 21.3. The zero-order chi connectivity index (χ0) is 29.1. The van der Waals surface area contributed by atoms with Crippen molar-refractivity contribution in [3.8, 4) is 0 Å². The summed E-state index contributed by atoms with van der Waals surface area (Å²) in [4.78, 5) is 13.3. The molecule has 5 rings (SSSR count). The van der Waals surface area contributed by atoms with E-state index in [1.54, 1.807) is 0 Å². The largest absolute Gasteiger partial charge is 0.422 e. The number of nitrogens with zero attached hydrogens (tertiary/aromatic N) is 3. The van der Waals surface area contributed by atoms with Crippen LogP contribution in [0.5, 0.6) is 0 Å². The summed E-state index contributed by atoms with van der Waals surface area (Å²) in [5.41, 5.74) is -0.404. The van der Waals surface area contributed by atoms with Gasteiger partial charge < -0.3 is 4.57 Å². The lowest BCUT2D eigenvalue weighted by Gasteiger charge is -2.18. The first-order valence-corrected chi connectivity index (χ1v) is 12.0. The number of hydrazone groups is 1. The number of fused-ring (bicyclic) bond motifs is 1. The van der Waals surface area contributed by atoms with Crippen LogP contribution in [0, 0.1) is 37.1 Å². The van der Waals surface area contributed by atoms with E-state index in [0.717, 1.165) is 27.7 Å². The molecule has 0 unspecified atom stereocenters. The summed E-state index contributed by atoms with van der Waals surface area (Å²) in [5.74, 6) is -11.3. The molecule has 0 N–H and O–H groups in total. The lowest BCUT2D eigenvalue weighted by molar-refractivity contribution is -0.143. The van der Waals surface area contributed by atoms with Gasteiger partial charge in [0.25, 0.3) is 5.91 Å². The van der Waals surface area contributed by atoms with Crippen LogP contribution in [0.4, 0.5) is 36.4 Å². The van der Waals surface area contributed by atoms with Gasteiger partial charge in [-0.25, -0.2) is 17.6 Å². The van der Waals surface area contributed by atoms with Gasteiger partial charge in [0.1, 0.15) is 11.3 Å². The number of rotatable bonds is 4. The van der Waals surface area contributed by atoms with E-state index in [-0.39, 0.29) is 16.3 Å². The van der Waals surface area contributed by atoms with Crippen LogP contribution in [-0.2, 0) is 17.5 Å². The van der Waals surface area contributed by atoms with Crippen molar-refractivity contribution in [2.45, 2.75) is 33.5 Å². The SMILES string of the molecule is CC1=NN(c2c(F)c(F)c(C(F)(F)F)c(F)c2F)C(=O)/C1=C/c1c(C)n(Cc2ccccc2)c2c(C)cccc12. The van der Waals surface area contributed by atoms with Crippen molar-refractivity contribution in [2.24, 2.45) is 5.10 Å². The van der Waals surface area contributed by atoms with Crippen molar-refractivity contribution < 1.29 is 35.5 Å². The molecule has 0 saturated heterocycles. The molecule has 11 heteroatoms. The van der Waals surface area contributed by atoms with Crippen LogP contribution in [0.2, 0.25) is 0 Å². The number of carbonyl (C=O) groups is 1. The minimum Gasteiger partial charge on any atom is -0.340 e. The first-order chi connectivity index (χ1) is 18.8. The third-order valence-corrected chi connectivity index (χ3v) is 6.86. The topological polar surface area (TPSA) is 37.6 Å². The smallest absolute Gasteiger partial charge is 0.340 e. The third kappa shape index (κ3) is 4.25. The highest BCUT2D eigenvalue weighted by Gasteiger charge is 2.45. The van der Waals surface area contributed by atoms with Gasteiger partial charge in [-0.1, -0.05) is 48.5 Å². The van der Waals surface area contributed by atoms with E-state index in [2.05, 4.69) is 9.67 Å². The maximum absolute atomic E-state index is 14.7. The van der Waals surface area contributed by atoms with Crippen LogP contribution < -0.4 is 5.01 Å². The Morgan fingerprint density at radius 2 is 1.48 bits per heavy atom. The lowest BCUT2D eigenvalue weighted by atomic mass is 10.0. The van der Waals surface area contributed by atoms with Crippen LogP contribution in [0.3, 0.4) is 0 Å². The second kappa shape index (κ2) is 9.65. The van der Waals surface area contributed by atoms with Gasteiger partial charge in [-0.3, -0.25) is 4.79 Å². The molecule has 4 aromatic rings. The average molecular weight is 559 g/mol. The highest BCUT2D eigenvalue weighted by molar-refractivity contribution is 6.32. The van der Waals surface area contributed by atoms with Crippen molar-refractivity contribution >= 4 is 34.3 Å². The quantitative estimate of drug-likeness (QED) is 0.144. The maximum Gasteiger partial charge on any atom is 0.422 e. The van der Waals surface area contributed by atoms with E-state index in [1.165, 1.54) is 13.0 Å². The summed E-state index contributed by atoms with van der Waals surface area (Å²) >= 11 is 0. The summed E-state index contributed by atoms with van der Waals surface area (Å²) < 4.78 is 99.0. The highest BCUT2D eigenvalue weighted by atomic mass is 19.4. The molecule has 1 aromatic heterocycles. The Labute approximate surface area is 223 Å². The molecule has 1 aliphatic heterocycles. The minimum absolute atomic E-state index is 0.0435. The van der Waals surface area contributed by atoms with E-state index in [9.17, 15) is 35.5 Å². The van der Waals surface area contributed by atoms with Gasteiger partial charge in [-0.15, -0.1) is 0 Å². The van der Waals surface area contributed by atoms with E-state index >= 15 is 0 Å². The van der Waals surface area contributed by atoms with E-state index < -0.39 is 46.6 Å². The Morgan fingerprint density at radius 3 is 2.08 bits per heavy atom. The van der Waals surface area contributed by atoms with Crippen LogP contribution in [0.25, 0.3) is 17.0 Å². The zero-order valence-corrected chi connectivity index (χ0v) is 21.3. The molecule has 0 spiro atoms. The number of alkyl halides is 3. The predicted octanol–water partition coefficient (Wildman–Crippen LogP) is 7.69. The summed E-state index contributed by atoms with van der Waals surface area (Å²) in [6.07, 6.45) is -4.26. The second-order valence-electron chi connectivity index (χ2n) is 9.38. The number of benzene rings is 3. The predicted molar refractivity (Wildman–Crippen MR) is 137 cm³/mol. The monoisotopic (exact) mass is 559 g/mol. The van der Waals surface area contributed by atoms with Crippen molar-refractivity contribution in [3.05, 3.63) is 105 Å². The minimum atomic E-state index is -5.71. The number of halogens is 7. The molecule has 3 aromatic carbocycles. The Balaban J connectivity index is 1.64. The van der Waals surface area contributed by atoms with Gasteiger partial charge in [0.05, 0.1) is 16.8 Å². The number of carbonyl (C=O) groups excluding carboxylic acids is 1. The Kier molecular flexibility index (Phi) is 6.56. The number of aryl methyl sites for hydroxylation is 1. The molecule has 0 saturated carbocycles. The Hall–Kier alpha value is -4.41. The van der Waals surface area contributed by atoms with Gasteiger partial charge in [0.15, 0.2) is 23.3 Å². The fourth-order valence-electron chi connectivity index (χ4n) is 4.92. The van der Waals surface area contributed by atoms with Gasteiger partial charge >= 0.3 is 6.18 Å². The van der Waals surface area contributed by atoms with Crippen molar-refractivity contribution in [1.82, 2.24) is 4.57 Å². The Morgan fingerprint density at radius 1 is 0.850 bits per heavy atom. The molecule has 1 aliphatic rings. The van der Waals surface area contributed by atoms with Gasteiger partial charge in [-0.05, 0) is 38.0 Å². The molecular weight excluding hydrogens is 539 g/mol. The fourth-order valence-corrected chi connectivity index (χ4v) is 4.92. The van der Waals surface area contributed by atoms with Gasteiger partial charge in [0, 0.05) is 23.2 Å². The summed E-state index contributed by atoms with van der Waals surface area (Å²) in [5, 5.41) is 4.56. The number of aromatic nitrogens is 1. The molecule has 0 fully saturated rings. The molecule has 206 valence electrons. The van der Waals surface area contributed by atoms with Crippen LogP contribution >= 0.6 is 0 Å². The molecule has 2 heterocycles. The maximum atomic E-state index is 14.7. The van der Waals surface area contributed by atoms with Gasteiger partial charge in [0.2, 0.25) is 0 Å². The molecule has 0 radical (unpaired) electrons. The molecule has 40 heavy (non-hydrogen) atoms. The highest BCUT2D eigenvalue weighted by Crippen LogP contribution is 2.41. The average Bonchev–Trinajstić information content (AvgIpc) is 3.32. The van der Waals surface area contributed by atoms with E-state index in [0.29, 0.717) is 12.1 Å². The molecule has 0 bridgehead atoms. The Bertz CT molecular complexity index is 1720. The number of anilines is 1. The first-order valence-electron chi connectivity index (χ1n) is 12.0. The number of para-hydroxylation sites is 1. The molecule has 0 aliphatic carbocycles. The third-order valence-electron chi connectivity index (χ3n) is 6.86. The van der Waals surface area contributed by atoms with Gasteiger partial charge in [-0.2, -0.15) is 23.3 Å². The summed E-state index contributed by atoms with van der Waals surface area (Å²) in [7, 11) is 0. The number of amides is 1. The fraction of sp³-hybridized carbons (Fsp3) is 0.172. The second-order valence-corrected chi connectivity index (χ2v) is 9.38. The molecule has 4 nitrogen and oxygen atoms in total. The summed E-state index contributed by atoms with van der Waals surface area (Å²) in [6, 6.07) is 15.2. The van der Waals surface area contributed by atoms with Crippen LogP contribution in [0.15, 0.2) is 59.2 Å². The molecule has 0 atom stereocenters. The van der Waals surface area contributed by atoms with Crippen molar-refractivity contribution in [1.29, 1.82) is 0 Å². The molecule has 1 amide bonds. The lowest BCUT2D eigenvalue weighted by Crippen LogP contribution is -2.26. The summed E-state index contributed by atoms with van der Waals surface area (Å²) in [6.45, 7) is 5.60. The van der Waals surface area contributed by atoms with E-state index in [1.807, 2.05) is 62.4 Å². The van der Waals surface area contributed by atoms with Crippen LogP contribution in [0.1, 0.15) is 34.9 Å². The van der Waals surface area contributed by atoms with Crippen molar-refractivity contribution in [3.63, 3.8) is 0 Å². The molecular formula is C29H20F7N3O. The van der Waals surface area contributed by atoms with Crippen LogP contribution in [-0.4, -0.2) is 16.2 Å². The first kappa shape index (κ1) is 27.2. The van der Waals surface area contributed by atoms with Crippen molar-refractivity contribution in [2.75, 3.05) is 5.01 Å². The standard InChI is InChI=1S/C29H20F7N3O/c1-14-8-7-11-18-20(16(3)38(26(14)18)13-17-9-5-4-6-10-17)12-19-15(2)37-39(28(19)40)27-24(32)22(30)21(29(34,35)36)23(31)25(27)33/h4-12H,13H2,1-3H3/b19-12+. The number of hydrogen-bond donors (Lipinski definition) is 0. The van der Waals surface area contributed by atoms with E-state index in [4.69, 9.17) is 0 Å². The number of hydrogen-bond acceptors (Lipinski definition) is 2. The normalized spacial score (nSPS) is 15.1.